The van der Waals surface area contributed by atoms with E-state index < -0.39 is 51.1 Å². The zero-order chi connectivity index (χ0) is 22.9. The fourth-order valence-electron chi connectivity index (χ4n) is 3.73. The van der Waals surface area contributed by atoms with Crippen molar-refractivity contribution in [3.05, 3.63) is 11.1 Å². The first-order chi connectivity index (χ1) is 14.3. The molecule has 12 nitrogen and oxygen atoms in total. The highest BCUT2D eigenvalue weighted by Gasteiger charge is 2.85. The zero-order valence-corrected chi connectivity index (χ0v) is 18.2. The molecule has 3 aliphatic rings. The van der Waals surface area contributed by atoms with Crippen LogP contribution in [0.1, 0.15) is 32.9 Å². The molecule has 1 saturated carbocycles. The SMILES string of the molecule is CC(C)(O/N=C(\C(=O)N[C@@H]1C(=O)N2[C@@H]1SC1(C)C[C@]21C(=O)O)c1csc(N)n1)C(=O)O. The number of carbonyl (C=O) groups excluding carboxylic acids is 2. The summed E-state index contributed by atoms with van der Waals surface area (Å²) in [5, 5.41) is 26.1. The number of nitrogens with one attached hydrogen (secondary N) is 1. The second-order valence-corrected chi connectivity index (χ2v) is 10.7. The third kappa shape index (κ3) is 2.96. The molecule has 0 aromatic carbocycles. The molecule has 166 valence electrons. The standard InChI is InChI=1S/C17H19N5O7S2/c1-15(2,12(25)26)29-21-7(6-4-30-14(18)19-6)9(23)20-8-10(24)22-11(8)31-16(3)5-17(16,22)13(27)28/h4,8,11H,5H2,1-3H3,(H2,18,19)(H,20,23)(H,25,26)(H,27,28)/b21-7-/t8-,11-,16?,17-/m1/s1. The van der Waals surface area contributed by atoms with Gasteiger partial charge in [0.2, 0.25) is 11.5 Å². The van der Waals surface area contributed by atoms with E-state index in [1.807, 2.05) is 0 Å². The van der Waals surface area contributed by atoms with Crippen LogP contribution in [-0.4, -0.2) is 76.9 Å². The molecule has 3 fully saturated rings. The van der Waals surface area contributed by atoms with Crippen molar-refractivity contribution in [2.75, 3.05) is 5.73 Å². The number of aromatic nitrogens is 1. The topological polar surface area (TPSA) is 185 Å². The Balaban J connectivity index is 1.55. The number of carboxylic acids is 2. The normalized spacial score (nSPS) is 31.4. The van der Waals surface area contributed by atoms with Gasteiger partial charge in [0.1, 0.15) is 17.1 Å². The zero-order valence-electron chi connectivity index (χ0n) is 16.6. The van der Waals surface area contributed by atoms with E-state index in [4.69, 9.17) is 10.6 Å². The molecule has 1 aromatic heterocycles. The Kier molecular flexibility index (Phi) is 4.52. The smallest absolute Gasteiger partial charge is 0.350 e. The lowest BCUT2D eigenvalue weighted by molar-refractivity contribution is -0.163. The third-order valence-electron chi connectivity index (χ3n) is 5.68. The highest BCUT2D eigenvalue weighted by atomic mass is 32.2. The Labute approximate surface area is 183 Å². The first-order valence-electron chi connectivity index (χ1n) is 9.10. The lowest BCUT2D eigenvalue weighted by Gasteiger charge is -2.45. The first kappa shape index (κ1) is 21.4. The number of carbonyl (C=O) groups is 4. The number of fused-ring (bicyclic) bond motifs is 3. The number of thioether (sulfide) groups is 1. The highest BCUT2D eigenvalue weighted by Crippen LogP contribution is 2.71. The molecule has 1 unspecified atom stereocenters. The number of aliphatic carboxylic acids is 2. The third-order valence-corrected chi connectivity index (χ3v) is 8.08. The number of oxime groups is 1. The molecule has 4 rings (SSSR count). The maximum absolute atomic E-state index is 12.9. The summed E-state index contributed by atoms with van der Waals surface area (Å²) in [5.41, 5.74) is 2.37. The Bertz CT molecular complexity index is 1060. The van der Waals surface area contributed by atoms with Crippen LogP contribution in [0.4, 0.5) is 5.13 Å². The Morgan fingerprint density at radius 1 is 1.42 bits per heavy atom. The van der Waals surface area contributed by atoms with Gasteiger partial charge in [-0.2, -0.15) is 0 Å². The largest absolute Gasteiger partial charge is 0.479 e. The second-order valence-electron chi connectivity index (χ2n) is 8.16. The van der Waals surface area contributed by atoms with Gasteiger partial charge in [-0.15, -0.1) is 23.1 Å². The molecule has 1 aromatic rings. The molecule has 2 aliphatic heterocycles. The minimum absolute atomic E-state index is 0.0562. The van der Waals surface area contributed by atoms with Gasteiger partial charge in [0.25, 0.3) is 5.91 Å². The molecule has 2 saturated heterocycles. The molecular formula is C17H19N5O7S2. The van der Waals surface area contributed by atoms with Crippen LogP contribution in [0.5, 0.6) is 0 Å². The van der Waals surface area contributed by atoms with E-state index in [1.54, 1.807) is 6.92 Å². The van der Waals surface area contributed by atoms with Crippen LogP contribution < -0.4 is 11.1 Å². The van der Waals surface area contributed by atoms with Crippen molar-refractivity contribution in [1.29, 1.82) is 0 Å². The van der Waals surface area contributed by atoms with E-state index in [0.717, 1.165) is 11.3 Å². The van der Waals surface area contributed by atoms with E-state index in [-0.39, 0.29) is 16.5 Å². The summed E-state index contributed by atoms with van der Waals surface area (Å²) in [6.45, 7) is 4.29. The Morgan fingerprint density at radius 3 is 2.65 bits per heavy atom. The van der Waals surface area contributed by atoms with Gasteiger partial charge in [-0.1, -0.05) is 5.16 Å². The number of anilines is 1. The summed E-state index contributed by atoms with van der Waals surface area (Å²) in [6.07, 6.45) is 0.353. The van der Waals surface area contributed by atoms with Crippen LogP contribution in [0.2, 0.25) is 0 Å². The maximum Gasteiger partial charge on any atom is 0.350 e. The summed E-state index contributed by atoms with van der Waals surface area (Å²) in [4.78, 5) is 59.0. The van der Waals surface area contributed by atoms with E-state index >= 15 is 0 Å². The number of nitrogens with zero attached hydrogens (tertiary/aromatic N) is 3. The number of thiazole rings is 1. The monoisotopic (exact) mass is 469 g/mol. The van der Waals surface area contributed by atoms with Gasteiger partial charge in [-0.05, 0) is 20.8 Å². The van der Waals surface area contributed by atoms with Crippen LogP contribution >= 0.6 is 23.1 Å². The van der Waals surface area contributed by atoms with Crippen molar-refractivity contribution in [2.45, 2.75) is 54.5 Å². The molecular weight excluding hydrogens is 450 g/mol. The molecule has 5 N–H and O–H groups in total. The van der Waals surface area contributed by atoms with Gasteiger partial charge in [0.15, 0.2) is 16.4 Å². The van der Waals surface area contributed by atoms with E-state index in [9.17, 15) is 29.4 Å². The number of nitrogens with two attached hydrogens (primary N) is 1. The number of hydrogen-bond donors (Lipinski definition) is 4. The average molecular weight is 470 g/mol. The summed E-state index contributed by atoms with van der Waals surface area (Å²) in [7, 11) is 0. The van der Waals surface area contributed by atoms with Gasteiger partial charge in [0, 0.05) is 11.8 Å². The van der Waals surface area contributed by atoms with Crippen LogP contribution in [0.25, 0.3) is 0 Å². The van der Waals surface area contributed by atoms with Gasteiger partial charge >= 0.3 is 11.9 Å². The van der Waals surface area contributed by atoms with E-state index in [1.165, 1.54) is 35.9 Å². The molecule has 0 spiro atoms. The predicted molar refractivity (Wildman–Crippen MR) is 109 cm³/mol. The molecule has 0 bridgehead atoms. The Morgan fingerprint density at radius 2 is 2.10 bits per heavy atom. The predicted octanol–water partition coefficient (Wildman–Crippen LogP) is -0.305. The molecule has 1 aliphatic carbocycles. The van der Waals surface area contributed by atoms with E-state index in [2.05, 4.69) is 15.5 Å². The molecule has 3 heterocycles. The molecule has 2 amide bonds. The van der Waals surface area contributed by atoms with Crippen molar-refractivity contribution >= 4 is 57.7 Å². The highest BCUT2D eigenvalue weighted by molar-refractivity contribution is 8.02. The van der Waals surface area contributed by atoms with E-state index in [0.29, 0.717) is 6.42 Å². The number of β-lactam (4-membered cyclic amide) rings is 1. The number of rotatable bonds is 7. The van der Waals surface area contributed by atoms with Crippen molar-refractivity contribution in [3.63, 3.8) is 0 Å². The van der Waals surface area contributed by atoms with Crippen molar-refractivity contribution in [1.82, 2.24) is 15.2 Å². The number of nitrogen functional groups attached to an aromatic ring is 1. The van der Waals surface area contributed by atoms with Gasteiger partial charge in [-0.3, -0.25) is 9.59 Å². The summed E-state index contributed by atoms with van der Waals surface area (Å²) in [5.74, 6) is -3.68. The van der Waals surface area contributed by atoms with Crippen LogP contribution in [0.3, 0.4) is 0 Å². The van der Waals surface area contributed by atoms with Gasteiger partial charge in [0.05, 0.1) is 4.75 Å². The quantitative estimate of drug-likeness (QED) is 0.235. The maximum atomic E-state index is 12.9. The first-order valence-corrected chi connectivity index (χ1v) is 10.9. The minimum atomic E-state index is -1.72. The van der Waals surface area contributed by atoms with Gasteiger partial charge < -0.3 is 31.0 Å². The second kappa shape index (κ2) is 6.56. The fraction of sp³-hybridized carbons (Fsp3) is 0.529. The fourth-order valence-corrected chi connectivity index (χ4v) is 6.19. The molecule has 4 atom stereocenters. The molecule has 0 radical (unpaired) electrons. The molecule has 14 heteroatoms. The summed E-state index contributed by atoms with van der Waals surface area (Å²) < 4.78 is -0.604. The van der Waals surface area contributed by atoms with Crippen molar-refractivity contribution in [2.24, 2.45) is 5.16 Å². The minimum Gasteiger partial charge on any atom is -0.479 e. The van der Waals surface area contributed by atoms with Gasteiger partial charge in [-0.25, -0.2) is 14.6 Å². The summed E-state index contributed by atoms with van der Waals surface area (Å²) >= 11 is 2.38. The number of carboxylic acid groups (broad SMARTS) is 2. The number of hydrogen-bond acceptors (Lipinski definition) is 10. The molecule has 31 heavy (non-hydrogen) atoms. The lowest BCUT2D eigenvalue weighted by Crippen LogP contribution is -2.72. The van der Waals surface area contributed by atoms with Crippen molar-refractivity contribution in [3.8, 4) is 0 Å². The average Bonchev–Trinajstić information content (AvgIpc) is 2.95. The summed E-state index contributed by atoms with van der Waals surface area (Å²) in [6, 6.07) is -0.952. The van der Waals surface area contributed by atoms with Crippen LogP contribution in [0, 0.1) is 0 Å². The Hall–Kier alpha value is -2.87. The van der Waals surface area contributed by atoms with Crippen LogP contribution in [-0.2, 0) is 24.0 Å². The van der Waals surface area contributed by atoms with Crippen LogP contribution in [0.15, 0.2) is 10.5 Å². The lowest BCUT2D eigenvalue weighted by atomic mass is 10.0. The van der Waals surface area contributed by atoms with Crippen molar-refractivity contribution < 1.29 is 34.2 Å². The number of amides is 2.